The van der Waals surface area contributed by atoms with Crippen molar-refractivity contribution in [3.8, 4) is 17.0 Å². The molecule has 6 rings (SSSR count). The summed E-state index contributed by atoms with van der Waals surface area (Å²) in [4.78, 5) is 20.8. The lowest BCUT2D eigenvalue weighted by atomic mass is 10.0. The van der Waals surface area contributed by atoms with Gasteiger partial charge in [-0.2, -0.15) is 0 Å². The van der Waals surface area contributed by atoms with Crippen molar-refractivity contribution >= 4 is 32.4 Å². The molecule has 1 amide bonds. The molecule has 2 aromatic carbocycles. The number of thiazole rings is 1. The van der Waals surface area contributed by atoms with Crippen LogP contribution in [0.2, 0.25) is 0 Å². The average molecular weight is 524 g/mol. The van der Waals surface area contributed by atoms with E-state index in [9.17, 15) is 9.90 Å². The Hall–Kier alpha value is -3.05. The first-order valence-electron chi connectivity index (χ1n) is 12.6. The predicted molar refractivity (Wildman–Crippen MR) is 142 cm³/mol. The van der Waals surface area contributed by atoms with Crippen molar-refractivity contribution in [1.29, 1.82) is 0 Å². The molecule has 2 fully saturated rings. The fourth-order valence-corrected chi connectivity index (χ4v) is 6.37. The maximum absolute atomic E-state index is 15.1. The van der Waals surface area contributed by atoms with Crippen molar-refractivity contribution in [2.75, 3.05) is 33.8 Å². The lowest BCUT2D eigenvalue weighted by molar-refractivity contribution is 0.0914. The number of aromatic nitrogens is 2. The number of nitrogens with zero attached hydrogens (tertiary/aromatic N) is 3. The molecule has 8 nitrogen and oxygen atoms in total. The van der Waals surface area contributed by atoms with Crippen molar-refractivity contribution in [1.82, 2.24) is 24.9 Å². The molecular weight excluding hydrogens is 493 g/mol. The molecule has 37 heavy (non-hydrogen) atoms. The number of imidazole rings is 1. The van der Waals surface area contributed by atoms with Gasteiger partial charge in [0, 0.05) is 36.5 Å². The maximum atomic E-state index is 15.1. The highest BCUT2D eigenvalue weighted by molar-refractivity contribution is 7.23. The Balaban J connectivity index is 1.29. The number of nitrogens with one attached hydrogen (secondary N) is 2. The number of fused-ring (bicyclic) bond motifs is 3. The van der Waals surface area contributed by atoms with Gasteiger partial charge in [-0.15, -0.1) is 0 Å². The standard InChI is InChI=1S/C27H30FN5O3S/c1-32-7-5-16(6-8-32)30-26(35)19-11-25-23(12-24(19)36-2)33-14-22(31-27(33)37-25)18-4-3-15(9-20(18)28)21-10-17(34)13-29-21/h3-4,9,11-12,14,16-17,21,29,34H,5-8,10,13H2,1-2H3,(H,30,35)/t17-,21+/m1/s1. The minimum absolute atomic E-state index is 0.0497. The van der Waals surface area contributed by atoms with Crippen molar-refractivity contribution in [2.45, 2.75) is 37.5 Å². The van der Waals surface area contributed by atoms with Gasteiger partial charge in [0.05, 0.1) is 34.7 Å². The van der Waals surface area contributed by atoms with Gasteiger partial charge in [-0.25, -0.2) is 9.37 Å². The summed E-state index contributed by atoms with van der Waals surface area (Å²) in [5.74, 6) is 0.0160. The van der Waals surface area contributed by atoms with E-state index < -0.39 is 6.10 Å². The number of piperidine rings is 1. The number of halogens is 1. The topological polar surface area (TPSA) is 91.1 Å². The number of benzene rings is 2. The first-order valence-corrected chi connectivity index (χ1v) is 13.4. The van der Waals surface area contributed by atoms with E-state index in [1.165, 1.54) is 17.4 Å². The first kappa shape index (κ1) is 24.3. The van der Waals surface area contributed by atoms with Gasteiger partial charge in [0.25, 0.3) is 5.91 Å². The van der Waals surface area contributed by atoms with E-state index in [-0.39, 0.29) is 23.8 Å². The minimum atomic E-state index is -0.404. The SMILES string of the molecule is COc1cc2c(cc1C(=O)NC1CCN(C)CC1)sc1nc(-c3ccc([C@@H]4C[C@@H](O)CN4)cc3F)cn12. The van der Waals surface area contributed by atoms with Crippen LogP contribution in [0.1, 0.15) is 41.2 Å². The molecule has 4 aromatic rings. The van der Waals surface area contributed by atoms with Crippen molar-refractivity contribution in [2.24, 2.45) is 0 Å². The largest absolute Gasteiger partial charge is 0.496 e. The summed E-state index contributed by atoms with van der Waals surface area (Å²) in [6, 6.07) is 8.97. The van der Waals surface area contributed by atoms with E-state index in [1.807, 2.05) is 28.8 Å². The molecule has 2 aromatic heterocycles. The smallest absolute Gasteiger partial charge is 0.255 e. The number of aliphatic hydroxyl groups is 1. The van der Waals surface area contributed by atoms with Crippen LogP contribution >= 0.6 is 11.3 Å². The molecule has 0 saturated carbocycles. The lowest BCUT2D eigenvalue weighted by Crippen LogP contribution is -2.43. The molecule has 3 N–H and O–H groups in total. The summed E-state index contributed by atoms with van der Waals surface area (Å²) in [6.07, 6.45) is 3.85. The van der Waals surface area contributed by atoms with Gasteiger partial charge in [0.15, 0.2) is 4.96 Å². The molecule has 2 saturated heterocycles. The average Bonchev–Trinajstić information content (AvgIpc) is 3.59. The highest BCUT2D eigenvalue weighted by Gasteiger charge is 2.25. The maximum Gasteiger partial charge on any atom is 0.255 e. The Morgan fingerprint density at radius 2 is 2.08 bits per heavy atom. The Morgan fingerprint density at radius 3 is 2.78 bits per heavy atom. The second-order valence-electron chi connectivity index (χ2n) is 10.0. The van der Waals surface area contributed by atoms with E-state index in [0.717, 1.165) is 41.7 Å². The second kappa shape index (κ2) is 9.68. The van der Waals surface area contributed by atoms with Crippen LogP contribution in [0.5, 0.6) is 5.75 Å². The van der Waals surface area contributed by atoms with Crippen LogP contribution in [0.3, 0.4) is 0 Å². The summed E-state index contributed by atoms with van der Waals surface area (Å²) >= 11 is 1.45. The summed E-state index contributed by atoms with van der Waals surface area (Å²) in [6.45, 7) is 2.45. The number of carbonyl (C=O) groups excluding carboxylic acids is 1. The zero-order valence-electron chi connectivity index (χ0n) is 20.8. The van der Waals surface area contributed by atoms with Crippen LogP contribution in [0.4, 0.5) is 4.39 Å². The van der Waals surface area contributed by atoms with Crippen LogP contribution in [0.25, 0.3) is 26.4 Å². The molecule has 2 aliphatic heterocycles. The molecule has 2 aliphatic rings. The molecule has 2 atom stereocenters. The quantitative estimate of drug-likeness (QED) is 0.371. The predicted octanol–water partition coefficient (Wildman–Crippen LogP) is 3.58. The van der Waals surface area contributed by atoms with Gasteiger partial charge in [0.1, 0.15) is 11.6 Å². The third-order valence-electron chi connectivity index (χ3n) is 7.49. The summed E-state index contributed by atoms with van der Waals surface area (Å²) in [5, 5.41) is 16.2. The van der Waals surface area contributed by atoms with E-state index in [2.05, 4.69) is 22.6 Å². The number of β-amino-alcohol motifs (C(OH)–C–C–N with tert-alkyl or cyclic N) is 1. The lowest BCUT2D eigenvalue weighted by Gasteiger charge is -2.29. The Bertz CT molecular complexity index is 1480. The van der Waals surface area contributed by atoms with Crippen LogP contribution in [-0.2, 0) is 0 Å². The number of ether oxygens (including phenoxy) is 1. The molecular formula is C27H30FN5O3S. The van der Waals surface area contributed by atoms with Crippen molar-refractivity contribution < 1.29 is 19.0 Å². The number of amides is 1. The number of aliphatic hydroxyl groups excluding tert-OH is 1. The van der Waals surface area contributed by atoms with Gasteiger partial charge in [0.2, 0.25) is 0 Å². The molecule has 0 bridgehead atoms. The fraction of sp³-hybridized carbons (Fsp3) is 0.407. The van der Waals surface area contributed by atoms with Gasteiger partial charge in [-0.05, 0) is 63.2 Å². The number of likely N-dealkylation sites (tertiary alicyclic amines) is 1. The van der Waals surface area contributed by atoms with Gasteiger partial charge >= 0.3 is 0 Å². The zero-order valence-corrected chi connectivity index (χ0v) is 21.6. The number of hydrogen-bond acceptors (Lipinski definition) is 7. The number of rotatable bonds is 5. The highest BCUT2D eigenvalue weighted by Crippen LogP contribution is 2.35. The van der Waals surface area contributed by atoms with Crippen molar-refractivity contribution in [3.63, 3.8) is 0 Å². The van der Waals surface area contributed by atoms with E-state index >= 15 is 4.39 Å². The molecule has 194 valence electrons. The zero-order chi connectivity index (χ0) is 25.7. The highest BCUT2D eigenvalue weighted by atomic mass is 32.1. The summed E-state index contributed by atoms with van der Waals surface area (Å²) < 4.78 is 23.5. The molecule has 0 radical (unpaired) electrons. The third-order valence-corrected chi connectivity index (χ3v) is 8.51. The molecule has 0 unspecified atom stereocenters. The van der Waals surface area contributed by atoms with E-state index in [1.54, 1.807) is 13.2 Å². The van der Waals surface area contributed by atoms with E-state index in [4.69, 9.17) is 9.72 Å². The number of hydrogen-bond donors (Lipinski definition) is 3. The fourth-order valence-electron chi connectivity index (χ4n) is 5.34. The summed E-state index contributed by atoms with van der Waals surface area (Å²) in [5.41, 5.74) is 3.14. The molecule has 10 heteroatoms. The van der Waals surface area contributed by atoms with Gasteiger partial charge in [-0.1, -0.05) is 17.4 Å². The monoisotopic (exact) mass is 523 g/mol. The van der Waals surface area contributed by atoms with Crippen LogP contribution < -0.4 is 15.4 Å². The molecule has 0 aliphatic carbocycles. The Labute approximate surface area is 218 Å². The van der Waals surface area contributed by atoms with Crippen molar-refractivity contribution in [3.05, 3.63) is 53.5 Å². The first-order chi connectivity index (χ1) is 17.9. The Morgan fingerprint density at radius 1 is 1.27 bits per heavy atom. The van der Waals surface area contributed by atoms with Crippen LogP contribution in [-0.4, -0.2) is 71.2 Å². The third kappa shape index (κ3) is 4.59. The normalized spacial score (nSPS) is 21.2. The molecule has 0 spiro atoms. The van der Waals surface area contributed by atoms with Gasteiger partial charge < -0.3 is 25.4 Å². The minimum Gasteiger partial charge on any atom is -0.496 e. The van der Waals surface area contributed by atoms with Crippen LogP contribution in [0, 0.1) is 5.82 Å². The second-order valence-corrected chi connectivity index (χ2v) is 11.1. The number of carbonyl (C=O) groups is 1. The van der Waals surface area contributed by atoms with E-state index in [0.29, 0.717) is 40.5 Å². The van der Waals surface area contributed by atoms with Crippen LogP contribution in [0.15, 0.2) is 36.5 Å². The summed E-state index contributed by atoms with van der Waals surface area (Å²) in [7, 11) is 3.66. The number of methoxy groups -OCH3 is 1. The molecule has 4 heterocycles. The van der Waals surface area contributed by atoms with Gasteiger partial charge in [-0.3, -0.25) is 9.20 Å². The Kier molecular flexibility index (Phi) is 6.36.